The summed E-state index contributed by atoms with van der Waals surface area (Å²) in [5, 5.41) is 13.1. The van der Waals surface area contributed by atoms with Gasteiger partial charge in [-0.05, 0) is 28.8 Å². The van der Waals surface area contributed by atoms with Crippen LogP contribution in [0, 0.1) is 0 Å². The predicted molar refractivity (Wildman–Crippen MR) is 98.9 cm³/mol. The maximum absolute atomic E-state index is 12.6. The van der Waals surface area contributed by atoms with Crippen LogP contribution in [0.4, 0.5) is 0 Å². The van der Waals surface area contributed by atoms with E-state index >= 15 is 0 Å². The van der Waals surface area contributed by atoms with Gasteiger partial charge in [0.1, 0.15) is 5.56 Å². The third kappa shape index (κ3) is 2.93. The molecule has 0 saturated heterocycles. The lowest BCUT2D eigenvalue weighted by Crippen LogP contribution is -2.36. The molecule has 1 aliphatic carbocycles. The van der Waals surface area contributed by atoms with Gasteiger partial charge in [0.2, 0.25) is 0 Å². The molecule has 0 unspecified atom stereocenters. The lowest BCUT2D eigenvalue weighted by atomic mass is 10.1. The van der Waals surface area contributed by atoms with Crippen LogP contribution in [-0.4, -0.2) is 22.1 Å². The Labute approximate surface area is 150 Å². The summed E-state index contributed by atoms with van der Waals surface area (Å²) < 4.78 is 0. The van der Waals surface area contributed by atoms with Crippen LogP contribution in [0.25, 0.3) is 11.3 Å². The smallest absolute Gasteiger partial charge is 0.261 e. The second kappa shape index (κ2) is 6.61. The molecular formula is C21H18N2O3. The number of carbonyl (C=O) groups excluding carboxylic acids is 1. The fraction of sp³-hybridized carbons (Fsp3) is 0.143. The van der Waals surface area contributed by atoms with Gasteiger partial charge in [-0.1, -0.05) is 54.6 Å². The number of benzene rings is 2. The van der Waals surface area contributed by atoms with Gasteiger partial charge >= 0.3 is 0 Å². The van der Waals surface area contributed by atoms with Gasteiger partial charge in [-0.2, -0.15) is 0 Å². The third-order valence-electron chi connectivity index (χ3n) is 4.73. The number of aromatic nitrogens is 1. The Morgan fingerprint density at radius 1 is 1.00 bits per heavy atom. The van der Waals surface area contributed by atoms with Gasteiger partial charge < -0.3 is 15.4 Å². The first-order valence-corrected chi connectivity index (χ1v) is 8.49. The minimum atomic E-state index is -0.695. The van der Waals surface area contributed by atoms with Crippen molar-refractivity contribution in [1.82, 2.24) is 10.3 Å². The van der Waals surface area contributed by atoms with Gasteiger partial charge in [0, 0.05) is 12.1 Å². The number of aromatic amines is 1. The highest BCUT2D eigenvalue weighted by Crippen LogP contribution is 2.31. The average molecular weight is 346 g/mol. The van der Waals surface area contributed by atoms with E-state index in [1.165, 1.54) is 6.07 Å². The van der Waals surface area contributed by atoms with Crippen molar-refractivity contribution in [2.75, 3.05) is 0 Å². The maximum atomic E-state index is 12.6. The van der Waals surface area contributed by atoms with Crippen molar-refractivity contribution in [1.29, 1.82) is 0 Å². The zero-order chi connectivity index (χ0) is 18.1. The largest absolute Gasteiger partial charge is 0.390 e. The van der Waals surface area contributed by atoms with E-state index in [0.29, 0.717) is 12.1 Å². The molecule has 130 valence electrons. The molecule has 1 aromatic heterocycles. The molecule has 1 heterocycles. The van der Waals surface area contributed by atoms with Crippen molar-refractivity contribution in [2.45, 2.75) is 18.6 Å². The first-order chi connectivity index (χ1) is 12.6. The summed E-state index contributed by atoms with van der Waals surface area (Å²) in [6, 6.07) is 19.8. The van der Waals surface area contributed by atoms with Gasteiger partial charge in [-0.25, -0.2) is 0 Å². The molecule has 2 atom stereocenters. The number of aliphatic hydroxyl groups is 1. The quantitative estimate of drug-likeness (QED) is 0.681. The molecule has 0 spiro atoms. The van der Waals surface area contributed by atoms with E-state index in [0.717, 1.165) is 16.7 Å². The topological polar surface area (TPSA) is 82.2 Å². The summed E-state index contributed by atoms with van der Waals surface area (Å²) >= 11 is 0. The van der Waals surface area contributed by atoms with E-state index < -0.39 is 23.6 Å². The molecule has 4 rings (SSSR count). The third-order valence-corrected chi connectivity index (χ3v) is 4.73. The van der Waals surface area contributed by atoms with Gasteiger partial charge in [0.05, 0.1) is 12.1 Å². The molecule has 3 N–H and O–H groups in total. The van der Waals surface area contributed by atoms with E-state index in [-0.39, 0.29) is 5.56 Å². The molecule has 1 amide bonds. The molecule has 26 heavy (non-hydrogen) atoms. The van der Waals surface area contributed by atoms with Gasteiger partial charge in [0.15, 0.2) is 0 Å². The van der Waals surface area contributed by atoms with E-state index in [2.05, 4.69) is 10.3 Å². The van der Waals surface area contributed by atoms with Gasteiger partial charge in [-0.3, -0.25) is 9.59 Å². The Bertz CT molecular complexity index is 1010. The number of fused-ring (bicyclic) bond motifs is 1. The highest BCUT2D eigenvalue weighted by Gasteiger charge is 2.32. The Balaban J connectivity index is 1.59. The fourth-order valence-electron chi connectivity index (χ4n) is 3.41. The van der Waals surface area contributed by atoms with Crippen molar-refractivity contribution in [3.63, 3.8) is 0 Å². The lowest BCUT2D eigenvalue weighted by Gasteiger charge is -2.17. The van der Waals surface area contributed by atoms with Gasteiger partial charge in [0.25, 0.3) is 11.5 Å². The molecule has 1 aliphatic rings. The normalized spacial score (nSPS) is 18.3. The summed E-state index contributed by atoms with van der Waals surface area (Å²) in [5.74, 6) is -0.494. The summed E-state index contributed by atoms with van der Waals surface area (Å²) in [6.45, 7) is 0. The van der Waals surface area contributed by atoms with Crippen LogP contribution in [0.15, 0.2) is 71.5 Å². The molecule has 0 aliphatic heterocycles. The maximum Gasteiger partial charge on any atom is 0.261 e. The number of nitrogens with one attached hydrogen (secondary N) is 2. The summed E-state index contributed by atoms with van der Waals surface area (Å²) in [7, 11) is 0. The van der Waals surface area contributed by atoms with Crippen molar-refractivity contribution in [3.05, 3.63) is 93.8 Å². The van der Waals surface area contributed by atoms with E-state index in [1.54, 1.807) is 6.07 Å². The molecule has 5 heteroatoms. The number of aliphatic hydroxyl groups excluding tert-OH is 1. The molecule has 0 saturated carbocycles. The first kappa shape index (κ1) is 16.3. The van der Waals surface area contributed by atoms with E-state index in [9.17, 15) is 14.7 Å². The average Bonchev–Trinajstić information content (AvgIpc) is 2.98. The lowest BCUT2D eigenvalue weighted by molar-refractivity contribution is 0.0856. The number of hydrogen-bond acceptors (Lipinski definition) is 3. The Morgan fingerprint density at radius 3 is 2.50 bits per heavy atom. The zero-order valence-electron chi connectivity index (χ0n) is 14.0. The molecular weight excluding hydrogens is 328 g/mol. The highest BCUT2D eigenvalue weighted by atomic mass is 16.3. The van der Waals surface area contributed by atoms with Crippen LogP contribution >= 0.6 is 0 Å². The van der Waals surface area contributed by atoms with Crippen LogP contribution in [0.3, 0.4) is 0 Å². The predicted octanol–water partition coefficient (Wildman–Crippen LogP) is 2.43. The second-order valence-corrected chi connectivity index (χ2v) is 6.40. The highest BCUT2D eigenvalue weighted by molar-refractivity contribution is 5.94. The molecule has 0 fully saturated rings. The first-order valence-electron chi connectivity index (χ1n) is 8.49. The number of carbonyl (C=O) groups is 1. The zero-order valence-corrected chi connectivity index (χ0v) is 14.0. The van der Waals surface area contributed by atoms with E-state index in [1.807, 2.05) is 54.6 Å². The molecule has 3 aromatic rings. The SMILES string of the molecule is O=C(N[C@H]1c2ccccc2C[C@H]1O)c1ccc(-c2ccccc2)[nH]c1=O. The molecule has 2 aromatic carbocycles. The molecule has 5 nitrogen and oxygen atoms in total. The van der Waals surface area contributed by atoms with Crippen molar-refractivity contribution in [3.8, 4) is 11.3 Å². The minimum Gasteiger partial charge on any atom is -0.390 e. The van der Waals surface area contributed by atoms with Crippen LogP contribution < -0.4 is 10.9 Å². The van der Waals surface area contributed by atoms with Crippen LogP contribution in [0.5, 0.6) is 0 Å². The number of pyridine rings is 1. The standard InChI is InChI=1S/C21H18N2O3/c24-18-12-14-8-4-5-9-15(14)19(18)23-21(26)16-10-11-17(22-20(16)25)13-6-2-1-3-7-13/h1-11,18-19,24H,12H2,(H,22,25)(H,23,26)/t18-,19+/m1/s1. The number of hydrogen-bond donors (Lipinski definition) is 3. The molecule has 0 radical (unpaired) electrons. The van der Waals surface area contributed by atoms with Crippen molar-refractivity contribution in [2.24, 2.45) is 0 Å². The second-order valence-electron chi connectivity index (χ2n) is 6.40. The van der Waals surface area contributed by atoms with Gasteiger partial charge in [-0.15, -0.1) is 0 Å². The van der Waals surface area contributed by atoms with Crippen LogP contribution in [0.1, 0.15) is 27.5 Å². The summed E-state index contributed by atoms with van der Waals surface area (Å²) in [5.41, 5.74) is 3.00. The number of amides is 1. The Kier molecular flexibility index (Phi) is 4.14. The minimum absolute atomic E-state index is 0.0289. The fourth-order valence-corrected chi connectivity index (χ4v) is 3.41. The van der Waals surface area contributed by atoms with Crippen LogP contribution in [-0.2, 0) is 6.42 Å². The summed E-state index contributed by atoms with van der Waals surface area (Å²) in [6.07, 6.45) is -0.205. The summed E-state index contributed by atoms with van der Waals surface area (Å²) in [4.78, 5) is 27.7. The molecule has 0 bridgehead atoms. The Morgan fingerprint density at radius 2 is 1.73 bits per heavy atom. The number of rotatable bonds is 3. The number of H-pyrrole nitrogens is 1. The Hall–Kier alpha value is -3.18. The van der Waals surface area contributed by atoms with Crippen LogP contribution in [0.2, 0.25) is 0 Å². The monoisotopic (exact) mass is 346 g/mol. The van der Waals surface area contributed by atoms with E-state index in [4.69, 9.17) is 0 Å². The van der Waals surface area contributed by atoms with Crippen molar-refractivity contribution < 1.29 is 9.90 Å². The van der Waals surface area contributed by atoms with Crippen molar-refractivity contribution >= 4 is 5.91 Å².